The number of hydrogen-bond donors (Lipinski definition) is 2. The number of esters is 1. The van der Waals surface area contributed by atoms with Crippen molar-refractivity contribution in [3.63, 3.8) is 0 Å². The zero-order chi connectivity index (χ0) is 22.5. The first kappa shape index (κ1) is 21.8. The molecular formula is C25H22O6. The lowest BCUT2D eigenvalue weighted by atomic mass is 9.85. The van der Waals surface area contributed by atoms with Crippen molar-refractivity contribution in [2.45, 2.75) is 26.4 Å². The van der Waals surface area contributed by atoms with Crippen molar-refractivity contribution in [2.75, 3.05) is 0 Å². The van der Waals surface area contributed by atoms with Gasteiger partial charge in [0, 0.05) is 18.1 Å². The van der Waals surface area contributed by atoms with Crippen molar-refractivity contribution < 1.29 is 29.3 Å². The Morgan fingerprint density at radius 3 is 2.29 bits per heavy atom. The van der Waals surface area contributed by atoms with Crippen LogP contribution < -0.4 is 0 Å². The molecule has 158 valence electrons. The number of phenols is 2. The summed E-state index contributed by atoms with van der Waals surface area (Å²) in [4.78, 5) is 38.1. The number of fused-ring (bicyclic) bond motifs is 1. The number of ketones is 2. The number of ether oxygens (including phenoxy) is 1. The second-order valence-electron chi connectivity index (χ2n) is 7.33. The fraction of sp³-hybridized carbons (Fsp3) is 0.160. The van der Waals surface area contributed by atoms with Crippen LogP contribution in [0.1, 0.15) is 46.5 Å². The van der Waals surface area contributed by atoms with E-state index in [9.17, 15) is 24.6 Å². The summed E-state index contributed by atoms with van der Waals surface area (Å²) in [6, 6.07) is 11.5. The minimum Gasteiger partial charge on any atom is -0.507 e. The van der Waals surface area contributed by atoms with Crippen LogP contribution in [0.15, 0.2) is 71.8 Å². The van der Waals surface area contributed by atoms with Gasteiger partial charge in [-0.2, -0.15) is 0 Å². The number of carbonyl (C=O) groups is 3. The van der Waals surface area contributed by atoms with Crippen molar-refractivity contribution in [3.8, 4) is 11.5 Å². The molecule has 2 aromatic rings. The van der Waals surface area contributed by atoms with E-state index in [0.29, 0.717) is 0 Å². The van der Waals surface area contributed by atoms with E-state index in [1.807, 2.05) is 44.2 Å². The summed E-state index contributed by atoms with van der Waals surface area (Å²) in [5, 5.41) is 20.1. The van der Waals surface area contributed by atoms with Gasteiger partial charge in [-0.3, -0.25) is 9.59 Å². The van der Waals surface area contributed by atoms with Crippen LogP contribution in [0.2, 0.25) is 0 Å². The molecule has 0 bridgehead atoms. The molecular weight excluding hydrogens is 396 g/mol. The highest BCUT2D eigenvalue weighted by atomic mass is 16.5. The number of hydrogen-bond acceptors (Lipinski definition) is 6. The number of aromatic hydroxyl groups is 2. The molecule has 1 atom stereocenters. The van der Waals surface area contributed by atoms with Gasteiger partial charge in [-0.1, -0.05) is 42.0 Å². The zero-order valence-electron chi connectivity index (χ0n) is 17.2. The first-order chi connectivity index (χ1) is 14.8. The Kier molecular flexibility index (Phi) is 6.50. The van der Waals surface area contributed by atoms with Gasteiger partial charge in [-0.25, -0.2) is 4.79 Å². The molecule has 2 N–H and O–H groups in total. The van der Waals surface area contributed by atoms with Gasteiger partial charge in [-0.05, 0) is 43.7 Å². The Morgan fingerprint density at radius 1 is 1.00 bits per heavy atom. The molecule has 0 saturated carbocycles. The van der Waals surface area contributed by atoms with E-state index in [1.165, 1.54) is 6.08 Å². The van der Waals surface area contributed by atoms with E-state index in [4.69, 9.17) is 4.74 Å². The summed E-state index contributed by atoms with van der Waals surface area (Å²) < 4.78 is 5.51. The molecule has 1 aliphatic carbocycles. The topological polar surface area (TPSA) is 101 Å². The standard InChI is InChI=1S/C25H22O6/c1-15(2)8-12-21(31-22(29)13-9-16-6-4-3-5-7-16)17-14-20(28)23-18(26)10-11-19(27)24(23)25(17)30/h3-11,13-14,21,26-27H,12H2,1-2H3/b13-9+/t21-/m1/s1. The van der Waals surface area contributed by atoms with E-state index in [-0.39, 0.29) is 23.1 Å². The van der Waals surface area contributed by atoms with Crippen molar-refractivity contribution >= 4 is 23.6 Å². The summed E-state index contributed by atoms with van der Waals surface area (Å²) in [5.41, 5.74) is 1.14. The van der Waals surface area contributed by atoms with E-state index in [2.05, 4.69) is 0 Å². The summed E-state index contributed by atoms with van der Waals surface area (Å²) in [5.74, 6) is -2.81. The quantitative estimate of drug-likeness (QED) is 0.312. The molecule has 0 radical (unpaired) electrons. The van der Waals surface area contributed by atoms with Gasteiger partial charge in [0.1, 0.15) is 17.6 Å². The van der Waals surface area contributed by atoms with Crippen LogP contribution in [0.4, 0.5) is 0 Å². The van der Waals surface area contributed by atoms with Gasteiger partial charge in [-0.15, -0.1) is 0 Å². The average molecular weight is 418 g/mol. The highest BCUT2D eigenvalue weighted by Crippen LogP contribution is 2.36. The van der Waals surface area contributed by atoms with E-state index in [1.54, 1.807) is 12.2 Å². The maximum Gasteiger partial charge on any atom is 0.331 e. The SMILES string of the molecule is CC(C)=CC[C@@H](OC(=O)/C=C/c1ccccc1)C1=CC(=O)c2c(O)ccc(O)c2C1=O. The molecule has 0 heterocycles. The summed E-state index contributed by atoms with van der Waals surface area (Å²) in [6.07, 6.45) is 4.82. The second-order valence-corrected chi connectivity index (χ2v) is 7.33. The Balaban J connectivity index is 1.92. The van der Waals surface area contributed by atoms with Gasteiger partial charge < -0.3 is 14.9 Å². The predicted octanol–water partition coefficient (Wildman–Crippen LogP) is 4.38. The first-order valence-corrected chi connectivity index (χ1v) is 9.70. The number of rotatable bonds is 6. The van der Waals surface area contributed by atoms with Crippen molar-refractivity contribution in [1.29, 1.82) is 0 Å². The number of carbonyl (C=O) groups excluding carboxylic acids is 3. The number of allylic oxidation sites excluding steroid dienone is 2. The molecule has 0 amide bonds. The lowest BCUT2D eigenvalue weighted by Crippen LogP contribution is -2.28. The largest absolute Gasteiger partial charge is 0.507 e. The van der Waals surface area contributed by atoms with Crippen LogP contribution in [0.3, 0.4) is 0 Å². The van der Waals surface area contributed by atoms with Gasteiger partial charge in [0.05, 0.1) is 11.1 Å². The predicted molar refractivity (Wildman–Crippen MR) is 116 cm³/mol. The Labute approximate surface area is 179 Å². The van der Waals surface area contributed by atoms with Crippen LogP contribution in [-0.4, -0.2) is 33.9 Å². The smallest absolute Gasteiger partial charge is 0.331 e. The summed E-state index contributed by atoms with van der Waals surface area (Å²) in [7, 11) is 0. The van der Waals surface area contributed by atoms with Crippen molar-refractivity contribution in [3.05, 3.63) is 88.5 Å². The Hall–Kier alpha value is -3.93. The van der Waals surface area contributed by atoms with Crippen LogP contribution >= 0.6 is 0 Å². The Bertz CT molecular complexity index is 1120. The third-order valence-corrected chi connectivity index (χ3v) is 4.74. The Morgan fingerprint density at radius 2 is 1.65 bits per heavy atom. The molecule has 6 heteroatoms. The van der Waals surface area contributed by atoms with Gasteiger partial charge in [0.2, 0.25) is 0 Å². The van der Waals surface area contributed by atoms with Crippen LogP contribution in [0.25, 0.3) is 6.08 Å². The number of Topliss-reactive ketones (excluding diaryl/α,β-unsaturated/α-hetero) is 1. The summed E-state index contributed by atoms with van der Waals surface area (Å²) >= 11 is 0. The number of phenolic OH excluding ortho intramolecular Hbond substituents is 2. The molecule has 0 unspecified atom stereocenters. The first-order valence-electron chi connectivity index (χ1n) is 9.70. The normalized spacial score (nSPS) is 14.1. The highest BCUT2D eigenvalue weighted by molar-refractivity contribution is 6.27. The lowest BCUT2D eigenvalue weighted by molar-refractivity contribution is -0.140. The van der Waals surface area contributed by atoms with Gasteiger partial charge in [0.15, 0.2) is 11.6 Å². The molecule has 0 fully saturated rings. The molecule has 0 aromatic heterocycles. The lowest BCUT2D eigenvalue weighted by Gasteiger charge is -2.23. The fourth-order valence-corrected chi connectivity index (χ4v) is 3.21. The molecule has 0 spiro atoms. The zero-order valence-corrected chi connectivity index (χ0v) is 17.2. The van der Waals surface area contributed by atoms with Crippen LogP contribution in [0, 0.1) is 0 Å². The van der Waals surface area contributed by atoms with Crippen molar-refractivity contribution in [2.24, 2.45) is 0 Å². The molecule has 31 heavy (non-hydrogen) atoms. The monoisotopic (exact) mass is 418 g/mol. The minimum absolute atomic E-state index is 0.0580. The molecule has 6 nitrogen and oxygen atoms in total. The van der Waals surface area contributed by atoms with Crippen molar-refractivity contribution in [1.82, 2.24) is 0 Å². The van der Waals surface area contributed by atoms with Gasteiger partial charge >= 0.3 is 5.97 Å². The third-order valence-electron chi connectivity index (χ3n) is 4.74. The minimum atomic E-state index is -1.03. The van der Waals surface area contributed by atoms with E-state index in [0.717, 1.165) is 29.3 Å². The third kappa shape index (κ3) is 4.98. The summed E-state index contributed by atoms with van der Waals surface area (Å²) in [6.45, 7) is 3.71. The fourth-order valence-electron chi connectivity index (χ4n) is 3.21. The average Bonchev–Trinajstić information content (AvgIpc) is 2.74. The second kappa shape index (κ2) is 9.26. The van der Waals surface area contributed by atoms with E-state index < -0.39 is 35.1 Å². The molecule has 2 aromatic carbocycles. The maximum absolute atomic E-state index is 13.1. The number of benzene rings is 2. The molecule has 0 saturated heterocycles. The van der Waals surface area contributed by atoms with Gasteiger partial charge in [0.25, 0.3) is 0 Å². The van der Waals surface area contributed by atoms with Crippen LogP contribution in [0.5, 0.6) is 11.5 Å². The molecule has 0 aliphatic heterocycles. The maximum atomic E-state index is 13.1. The molecule has 1 aliphatic rings. The molecule has 3 rings (SSSR count). The van der Waals surface area contributed by atoms with Crippen LogP contribution in [-0.2, 0) is 9.53 Å². The highest BCUT2D eigenvalue weighted by Gasteiger charge is 2.35. The van der Waals surface area contributed by atoms with E-state index >= 15 is 0 Å².